The van der Waals surface area contributed by atoms with Crippen molar-refractivity contribution in [2.24, 2.45) is 0 Å². The minimum atomic E-state index is -0.560. The molecule has 0 atom stereocenters. The van der Waals surface area contributed by atoms with Crippen molar-refractivity contribution in [1.29, 1.82) is 0 Å². The number of para-hydroxylation sites is 1. The summed E-state index contributed by atoms with van der Waals surface area (Å²) in [6.45, 7) is 4.80. The quantitative estimate of drug-likeness (QED) is 0.440. The fraction of sp³-hybridized carbons (Fsp3) is 0.318. The van der Waals surface area contributed by atoms with Gasteiger partial charge in [0.2, 0.25) is 0 Å². The second-order valence-electron chi connectivity index (χ2n) is 6.53. The Morgan fingerprint density at radius 1 is 1.04 bits per heavy atom. The predicted molar refractivity (Wildman–Crippen MR) is 108 cm³/mol. The Labute approximate surface area is 163 Å². The lowest BCUT2D eigenvalue weighted by molar-refractivity contribution is 0.0443. The molecular formula is C22H24N2O4. The third-order valence-electron chi connectivity index (χ3n) is 4.45. The number of unbranched alkanes of at least 4 members (excludes halogenated alkanes) is 1. The van der Waals surface area contributed by atoms with Gasteiger partial charge in [0.1, 0.15) is 19.0 Å². The van der Waals surface area contributed by atoms with Gasteiger partial charge >= 0.3 is 5.97 Å². The Balaban J connectivity index is 1.74. The molecule has 0 fully saturated rings. The van der Waals surface area contributed by atoms with Crippen LogP contribution >= 0.6 is 0 Å². The maximum absolute atomic E-state index is 12.6. The third-order valence-corrected chi connectivity index (χ3v) is 4.45. The van der Waals surface area contributed by atoms with Crippen molar-refractivity contribution in [3.8, 4) is 5.75 Å². The Bertz CT molecular complexity index is 1030. The van der Waals surface area contributed by atoms with Crippen LogP contribution in [0.3, 0.4) is 0 Å². The molecule has 0 radical (unpaired) electrons. The van der Waals surface area contributed by atoms with E-state index in [9.17, 15) is 9.59 Å². The molecule has 0 saturated heterocycles. The molecule has 1 heterocycles. The SMILES string of the molecule is CCCCn1nc(C(=O)OCCOc2ccccc2C)c2ccccc2c1=O. The number of hydrogen-bond acceptors (Lipinski definition) is 5. The Morgan fingerprint density at radius 2 is 1.75 bits per heavy atom. The predicted octanol–water partition coefficient (Wildman–Crippen LogP) is 3.74. The number of nitrogens with zero attached hydrogens (tertiary/aromatic N) is 2. The summed E-state index contributed by atoms with van der Waals surface area (Å²) in [5.74, 6) is 0.199. The van der Waals surface area contributed by atoms with Crippen molar-refractivity contribution in [2.75, 3.05) is 13.2 Å². The van der Waals surface area contributed by atoms with E-state index in [0.717, 1.165) is 24.2 Å². The number of hydrogen-bond donors (Lipinski definition) is 0. The molecule has 0 aliphatic heterocycles. The Kier molecular flexibility index (Phi) is 6.42. The average molecular weight is 380 g/mol. The van der Waals surface area contributed by atoms with Crippen LogP contribution in [0.4, 0.5) is 0 Å². The highest BCUT2D eigenvalue weighted by molar-refractivity contribution is 6.02. The molecule has 0 bridgehead atoms. The Hall–Kier alpha value is -3.15. The summed E-state index contributed by atoms with van der Waals surface area (Å²) in [7, 11) is 0. The van der Waals surface area contributed by atoms with E-state index in [4.69, 9.17) is 9.47 Å². The van der Waals surface area contributed by atoms with Gasteiger partial charge in [0.15, 0.2) is 5.69 Å². The molecule has 0 saturated carbocycles. The average Bonchev–Trinajstić information content (AvgIpc) is 2.72. The number of carbonyl (C=O) groups is 1. The van der Waals surface area contributed by atoms with Crippen LogP contribution in [-0.2, 0) is 11.3 Å². The van der Waals surface area contributed by atoms with Gasteiger partial charge in [-0.15, -0.1) is 0 Å². The lowest BCUT2D eigenvalue weighted by Crippen LogP contribution is -2.27. The van der Waals surface area contributed by atoms with Gasteiger partial charge in [0.25, 0.3) is 5.56 Å². The molecule has 0 aliphatic carbocycles. The lowest BCUT2D eigenvalue weighted by atomic mass is 10.1. The van der Waals surface area contributed by atoms with Crippen molar-refractivity contribution in [3.05, 3.63) is 70.1 Å². The standard InChI is InChI=1S/C22H24N2O4/c1-3-4-13-24-21(25)18-11-7-6-10-17(18)20(23-24)22(26)28-15-14-27-19-12-8-5-9-16(19)2/h5-12H,3-4,13-15H2,1-2H3. The minimum Gasteiger partial charge on any atom is -0.490 e. The van der Waals surface area contributed by atoms with Crippen molar-refractivity contribution in [1.82, 2.24) is 9.78 Å². The van der Waals surface area contributed by atoms with Crippen molar-refractivity contribution >= 4 is 16.7 Å². The summed E-state index contributed by atoms with van der Waals surface area (Å²) in [4.78, 5) is 25.2. The number of aromatic nitrogens is 2. The normalized spacial score (nSPS) is 10.8. The molecule has 2 aromatic carbocycles. The molecule has 6 nitrogen and oxygen atoms in total. The maximum Gasteiger partial charge on any atom is 0.359 e. The van der Waals surface area contributed by atoms with E-state index >= 15 is 0 Å². The smallest absolute Gasteiger partial charge is 0.359 e. The van der Waals surface area contributed by atoms with E-state index < -0.39 is 5.97 Å². The molecule has 1 aromatic heterocycles. The van der Waals surface area contributed by atoms with Crippen LogP contribution in [0.25, 0.3) is 10.8 Å². The van der Waals surface area contributed by atoms with E-state index in [0.29, 0.717) is 17.3 Å². The summed E-state index contributed by atoms with van der Waals surface area (Å²) in [6, 6.07) is 14.6. The van der Waals surface area contributed by atoms with E-state index in [-0.39, 0.29) is 24.5 Å². The lowest BCUT2D eigenvalue weighted by Gasteiger charge is -2.11. The van der Waals surface area contributed by atoms with Gasteiger partial charge in [-0.2, -0.15) is 5.10 Å². The van der Waals surface area contributed by atoms with Crippen LogP contribution in [-0.4, -0.2) is 29.0 Å². The second kappa shape index (κ2) is 9.17. The highest BCUT2D eigenvalue weighted by atomic mass is 16.6. The zero-order chi connectivity index (χ0) is 19.9. The van der Waals surface area contributed by atoms with Crippen LogP contribution < -0.4 is 10.3 Å². The van der Waals surface area contributed by atoms with Gasteiger partial charge in [-0.25, -0.2) is 9.48 Å². The number of esters is 1. The van der Waals surface area contributed by atoms with E-state index in [1.165, 1.54) is 4.68 Å². The van der Waals surface area contributed by atoms with Crippen LogP contribution in [0.5, 0.6) is 5.75 Å². The molecule has 146 valence electrons. The first kappa shape index (κ1) is 19.6. The summed E-state index contributed by atoms with van der Waals surface area (Å²) in [5, 5.41) is 5.25. The van der Waals surface area contributed by atoms with Crippen LogP contribution in [0, 0.1) is 6.92 Å². The number of fused-ring (bicyclic) bond motifs is 1. The molecule has 0 amide bonds. The van der Waals surface area contributed by atoms with Gasteiger partial charge in [0, 0.05) is 11.9 Å². The zero-order valence-electron chi connectivity index (χ0n) is 16.2. The minimum absolute atomic E-state index is 0.0945. The molecule has 28 heavy (non-hydrogen) atoms. The first-order chi connectivity index (χ1) is 13.6. The summed E-state index contributed by atoms with van der Waals surface area (Å²) in [6.07, 6.45) is 1.74. The van der Waals surface area contributed by atoms with E-state index in [1.807, 2.05) is 38.1 Å². The summed E-state index contributed by atoms with van der Waals surface area (Å²) < 4.78 is 12.4. The first-order valence-corrected chi connectivity index (χ1v) is 9.47. The van der Waals surface area contributed by atoms with Crippen molar-refractivity contribution < 1.29 is 14.3 Å². The summed E-state index contributed by atoms with van der Waals surface area (Å²) in [5.41, 5.74) is 0.982. The van der Waals surface area contributed by atoms with Crippen LogP contribution in [0.2, 0.25) is 0 Å². The molecule has 0 N–H and O–H groups in total. The van der Waals surface area contributed by atoms with Gasteiger partial charge in [-0.05, 0) is 31.0 Å². The fourth-order valence-corrected chi connectivity index (χ4v) is 2.92. The number of aryl methyl sites for hydroxylation is 2. The topological polar surface area (TPSA) is 70.4 Å². The molecule has 3 rings (SSSR count). The van der Waals surface area contributed by atoms with Crippen LogP contribution in [0.15, 0.2) is 53.3 Å². The van der Waals surface area contributed by atoms with Gasteiger partial charge < -0.3 is 9.47 Å². The number of carbonyl (C=O) groups excluding carboxylic acids is 1. The van der Waals surface area contributed by atoms with Crippen LogP contribution in [0.1, 0.15) is 35.8 Å². The molecule has 3 aromatic rings. The zero-order valence-corrected chi connectivity index (χ0v) is 16.2. The molecule has 0 unspecified atom stereocenters. The molecular weight excluding hydrogens is 356 g/mol. The van der Waals surface area contributed by atoms with Gasteiger partial charge in [-0.1, -0.05) is 49.7 Å². The fourth-order valence-electron chi connectivity index (χ4n) is 2.92. The van der Waals surface area contributed by atoms with E-state index in [2.05, 4.69) is 5.10 Å². The van der Waals surface area contributed by atoms with Crippen molar-refractivity contribution in [2.45, 2.75) is 33.2 Å². The highest BCUT2D eigenvalue weighted by Crippen LogP contribution is 2.17. The number of ether oxygens (including phenoxy) is 2. The number of rotatable bonds is 8. The highest BCUT2D eigenvalue weighted by Gasteiger charge is 2.17. The van der Waals surface area contributed by atoms with Gasteiger partial charge in [-0.3, -0.25) is 4.79 Å². The molecule has 0 aliphatic rings. The first-order valence-electron chi connectivity index (χ1n) is 9.47. The molecule has 0 spiro atoms. The molecule has 6 heteroatoms. The maximum atomic E-state index is 12.6. The number of benzene rings is 2. The largest absolute Gasteiger partial charge is 0.490 e. The van der Waals surface area contributed by atoms with E-state index in [1.54, 1.807) is 24.3 Å². The summed E-state index contributed by atoms with van der Waals surface area (Å²) >= 11 is 0. The third kappa shape index (κ3) is 4.39. The monoisotopic (exact) mass is 380 g/mol. The van der Waals surface area contributed by atoms with Gasteiger partial charge in [0.05, 0.1) is 5.39 Å². The van der Waals surface area contributed by atoms with Crippen molar-refractivity contribution in [3.63, 3.8) is 0 Å². The second-order valence-corrected chi connectivity index (χ2v) is 6.53. The Morgan fingerprint density at radius 3 is 2.50 bits per heavy atom.